The minimum Gasteiger partial charge on any atom is -0.409 e. The van der Waals surface area contributed by atoms with E-state index in [1.54, 1.807) is 7.05 Å². The van der Waals surface area contributed by atoms with E-state index in [0.717, 1.165) is 25.7 Å². The monoisotopic (exact) mass is 301 g/mol. The molecule has 1 fully saturated rings. The Labute approximate surface area is 125 Å². The highest BCUT2D eigenvalue weighted by molar-refractivity contribution is 6.06. The smallest absolute Gasteiger partial charge is 0.236 e. The lowest BCUT2D eigenvalue weighted by Crippen LogP contribution is -2.51. The highest BCUT2D eigenvalue weighted by Gasteiger charge is 2.44. The molecule has 0 radical (unpaired) electrons. The molecule has 0 spiro atoms. The van der Waals surface area contributed by atoms with Gasteiger partial charge in [-0.3, -0.25) is 4.79 Å². The van der Waals surface area contributed by atoms with Crippen molar-refractivity contribution in [2.75, 3.05) is 27.3 Å². The summed E-state index contributed by atoms with van der Waals surface area (Å²) < 4.78 is 4.87. The summed E-state index contributed by atoms with van der Waals surface area (Å²) in [6.45, 7) is 0.321. The standard InChI is InChI=1S/C14H27N3O4/c1-17(9-11(18)10-21-2)13(19)14(12(15)16-20)7-5-3-4-6-8-14/h11,18,20H,3-10H2,1-2H3,(H2,15,16). The van der Waals surface area contributed by atoms with Crippen LogP contribution in [-0.2, 0) is 9.53 Å². The zero-order valence-corrected chi connectivity index (χ0v) is 12.9. The van der Waals surface area contributed by atoms with Crippen LogP contribution in [0.15, 0.2) is 5.16 Å². The van der Waals surface area contributed by atoms with E-state index in [2.05, 4.69) is 5.16 Å². The highest BCUT2D eigenvalue weighted by atomic mass is 16.5. The van der Waals surface area contributed by atoms with E-state index < -0.39 is 11.5 Å². The molecule has 1 rings (SSSR count). The number of hydrogen-bond acceptors (Lipinski definition) is 5. The van der Waals surface area contributed by atoms with Crippen LogP contribution in [0.2, 0.25) is 0 Å². The zero-order valence-electron chi connectivity index (χ0n) is 12.9. The molecule has 0 heterocycles. The van der Waals surface area contributed by atoms with Crippen LogP contribution in [0.1, 0.15) is 38.5 Å². The number of nitrogens with two attached hydrogens (primary N) is 1. The van der Waals surface area contributed by atoms with Crippen molar-refractivity contribution in [1.29, 1.82) is 0 Å². The molecule has 122 valence electrons. The Kier molecular flexibility index (Phi) is 6.91. The fourth-order valence-corrected chi connectivity index (χ4v) is 3.02. The molecule has 1 atom stereocenters. The van der Waals surface area contributed by atoms with Gasteiger partial charge in [0.2, 0.25) is 5.91 Å². The summed E-state index contributed by atoms with van der Waals surface area (Å²) in [5, 5.41) is 21.9. The second-order valence-electron chi connectivity index (χ2n) is 5.78. The number of amidine groups is 1. The normalized spacial score (nSPS) is 20.6. The van der Waals surface area contributed by atoms with Gasteiger partial charge in [0.05, 0.1) is 12.7 Å². The van der Waals surface area contributed by atoms with Gasteiger partial charge >= 0.3 is 0 Å². The van der Waals surface area contributed by atoms with Crippen LogP contribution in [0.3, 0.4) is 0 Å². The van der Waals surface area contributed by atoms with Crippen molar-refractivity contribution in [3.63, 3.8) is 0 Å². The number of ether oxygens (including phenoxy) is 1. The number of amides is 1. The molecule has 0 bridgehead atoms. The van der Waals surface area contributed by atoms with Crippen LogP contribution >= 0.6 is 0 Å². The van der Waals surface area contributed by atoms with E-state index in [-0.39, 0.29) is 24.9 Å². The van der Waals surface area contributed by atoms with Crippen LogP contribution in [0, 0.1) is 5.41 Å². The molecule has 1 unspecified atom stereocenters. The van der Waals surface area contributed by atoms with E-state index in [1.165, 1.54) is 12.0 Å². The fraction of sp³-hybridized carbons (Fsp3) is 0.857. The fourth-order valence-electron chi connectivity index (χ4n) is 3.02. The minimum absolute atomic E-state index is 0.0255. The highest BCUT2D eigenvalue weighted by Crippen LogP contribution is 2.37. The predicted octanol–water partition coefficient (Wildman–Crippen LogP) is 0.539. The lowest BCUT2D eigenvalue weighted by molar-refractivity contribution is -0.139. The van der Waals surface area contributed by atoms with Crippen LogP contribution in [0.5, 0.6) is 0 Å². The van der Waals surface area contributed by atoms with Crippen molar-refractivity contribution in [2.24, 2.45) is 16.3 Å². The van der Waals surface area contributed by atoms with Gasteiger partial charge in [0.25, 0.3) is 0 Å². The first-order valence-corrected chi connectivity index (χ1v) is 7.38. The number of aliphatic hydroxyl groups is 1. The maximum absolute atomic E-state index is 12.8. The summed E-state index contributed by atoms with van der Waals surface area (Å²) in [5.41, 5.74) is 4.89. The first-order chi connectivity index (χ1) is 9.97. The number of rotatable bonds is 6. The third-order valence-corrected chi connectivity index (χ3v) is 4.15. The number of hydrogen-bond donors (Lipinski definition) is 3. The summed E-state index contributed by atoms with van der Waals surface area (Å²) in [4.78, 5) is 14.3. The van der Waals surface area contributed by atoms with Gasteiger partial charge in [0.1, 0.15) is 5.41 Å². The maximum Gasteiger partial charge on any atom is 0.236 e. The molecule has 4 N–H and O–H groups in total. The third kappa shape index (κ3) is 4.31. The average molecular weight is 301 g/mol. The maximum atomic E-state index is 12.8. The van der Waals surface area contributed by atoms with Crippen molar-refractivity contribution >= 4 is 11.7 Å². The van der Waals surface area contributed by atoms with E-state index in [4.69, 9.17) is 15.7 Å². The van der Waals surface area contributed by atoms with Crippen LogP contribution in [0.25, 0.3) is 0 Å². The third-order valence-electron chi connectivity index (χ3n) is 4.15. The van der Waals surface area contributed by atoms with Gasteiger partial charge in [-0.1, -0.05) is 30.8 Å². The quantitative estimate of drug-likeness (QED) is 0.218. The van der Waals surface area contributed by atoms with Crippen molar-refractivity contribution < 1.29 is 19.8 Å². The molecule has 7 nitrogen and oxygen atoms in total. The SMILES string of the molecule is COCC(O)CN(C)C(=O)C1(C(N)=NO)CCCCCC1. The molecular weight excluding hydrogens is 274 g/mol. The van der Waals surface area contributed by atoms with Gasteiger partial charge in [-0.25, -0.2) is 0 Å². The second kappa shape index (κ2) is 8.19. The molecule has 21 heavy (non-hydrogen) atoms. The predicted molar refractivity (Wildman–Crippen MR) is 79.1 cm³/mol. The van der Waals surface area contributed by atoms with Gasteiger partial charge in [-0.05, 0) is 12.8 Å². The minimum atomic E-state index is -0.952. The van der Waals surface area contributed by atoms with E-state index in [9.17, 15) is 9.90 Å². The van der Waals surface area contributed by atoms with E-state index in [1.807, 2.05) is 0 Å². The topological polar surface area (TPSA) is 108 Å². The summed E-state index contributed by atoms with van der Waals surface area (Å²) in [6, 6.07) is 0. The van der Waals surface area contributed by atoms with E-state index in [0.29, 0.717) is 12.8 Å². The van der Waals surface area contributed by atoms with E-state index >= 15 is 0 Å². The lowest BCUT2D eigenvalue weighted by atomic mass is 9.77. The molecule has 0 aromatic carbocycles. The van der Waals surface area contributed by atoms with Crippen molar-refractivity contribution in [3.8, 4) is 0 Å². The number of carbonyl (C=O) groups is 1. The Bertz CT molecular complexity index is 365. The Morgan fingerprint density at radius 3 is 2.43 bits per heavy atom. The van der Waals surface area contributed by atoms with Gasteiger partial charge < -0.3 is 25.7 Å². The van der Waals surface area contributed by atoms with Crippen molar-refractivity contribution in [1.82, 2.24) is 4.90 Å². The molecule has 1 amide bonds. The summed E-state index contributed by atoms with van der Waals surface area (Å²) >= 11 is 0. The van der Waals surface area contributed by atoms with Crippen LogP contribution < -0.4 is 5.73 Å². The molecule has 0 saturated heterocycles. The summed E-state index contributed by atoms with van der Waals surface area (Å²) in [7, 11) is 3.12. The summed E-state index contributed by atoms with van der Waals surface area (Å²) in [5.74, 6) is -0.225. The molecule has 0 aromatic rings. The molecule has 0 aliphatic heterocycles. The number of carbonyl (C=O) groups excluding carboxylic acids is 1. The Balaban J connectivity index is 2.89. The number of methoxy groups -OCH3 is 1. The second-order valence-corrected chi connectivity index (χ2v) is 5.78. The Morgan fingerprint density at radius 2 is 1.95 bits per heavy atom. The number of aliphatic hydroxyl groups excluding tert-OH is 1. The van der Waals surface area contributed by atoms with Crippen molar-refractivity contribution in [3.05, 3.63) is 0 Å². The van der Waals surface area contributed by atoms with Crippen LogP contribution in [-0.4, -0.2) is 60.4 Å². The van der Waals surface area contributed by atoms with Crippen LogP contribution in [0.4, 0.5) is 0 Å². The number of likely N-dealkylation sites (N-methyl/N-ethyl adjacent to an activating group) is 1. The molecular formula is C14H27N3O4. The van der Waals surface area contributed by atoms with Gasteiger partial charge in [0.15, 0.2) is 5.84 Å². The first-order valence-electron chi connectivity index (χ1n) is 7.38. The number of nitrogens with zero attached hydrogens (tertiary/aromatic N) is 2. The van der Waals surface area contributed by atoms with Gasteiger partial charge in [-0.2, -0.15) is 0 Å². The lowest BCUT2D eigenvalue weighted by Gasteiger charge is -2.34. The molecule has 1 aliphatic rings. The molecule has 1 saturated carbocycles. The Morgan fingerprint density at radius 1 is 1.38 bits per heavy atom. The average Bonchev–Trinajstić information content (AvgIpc) is 2.72. The zero-order chi connectivity index (χ0) is 15.9. The molecule has 1 aliphatic carbocycles. The first kappa shape index (κ1) is 17.7. The Hall–Kier alpha value is -1.34. The van der Waals surface area contributed by atoms with Gasteiger partial charge in [0, 0.05) is 20.7 Å². The molecule has 7 heteroatoms. The van der Waals surface area contributed by atoms with Crippen molar-refractivity contribution in [2.45, 2.75) is 44.6 Å². The van der Waals surface area contributed by atoms with Gasteiger partial charge in [-0.15, -0.1) is 0 Å². The largest absolute Gasteiger partial charge is 0.409 e. The number of oxime groups is 1. The molecule has 0 aromatic heterocycles. The summed E-state index contributed by atoms with van der Waals surface area (Å²) in [6.07, 6.45) is 4.23.